The first-order valence-corrected chi connectivity index (χ1v) is 8.97. The highest BCUT2D eigenvalue weighted by Gasteiger charge is 2.50. The van der Waals surface area contributed by atoms with Gasteiger partial charge in [0, 0.05) is 11.6 Å². The molecule has 5 nitrogen and oxygen atoms in total. The number of nitrogens with one attached hydrogen (secondary N) is 1. The smallest absolute Gasteiger partial charge is 0.408 e. The summed E-state index contributed by atoms with van der Waals surface area (Å²) in [6, 6.07) is 0. The first kappa shape index (κ1) is 18.8. The summed E-state index contributed by atoms with van der Waals surface area (Å²) < 4.78 is 10.4. The van der Waals surface area contributed by atoms with E-state index in [1.54, 1.807) is 6.08 Å². The highest BCUT2D eigenvalue weighted by Crippen LogP contribution is 2.55. The molecule has 0 unspecified atom stereocenters. The van der Waals surface area contributed by atoms with Gasteiger partial charge in [-0.25, -0.2) is 9.59 Å². The standard InChI is InChI=1S/C19H31NO4/c1-6-23-15(21)13-14(2)18-7-10-19(11-8-18,12-9-18)20-16(22)24-17(3,4)5/h13H,6-12H2,1-5H3,(H,20,22). The number of hydrogen-bond donors (Lipinski definition) is 1. The highest BCUT2D eigenvalue weighted by atomic mass is 16.6. The van der Waals surface area contributed by atoms with Crippen molar-refractivity contribution in [2.45, 2.75) is 84.3 Å². The minimum absolute atomic E-state index is 0.0874. The Balaban J connectivity index is 1.99. The van der Waals surface area contributed by atoms with Crippen molar-refractivity contribution in [3.8, 4) is 0 Å². The zero-order chi connectivity index (χ0) is 18.0. The summed E-state index contributed by atoms with van der Waals surface area (Å²) >= 11 is 0. The Bertz CT molecular complexity index is 505. The summed E-state index contributed by atoms with van der Waals surface area (Å²) in [4.78, 5) is 23.9. The summed E-state index contributed by atoms with van der Waals surface area (Å²) in [6.45, 7) is 9.88. The molecule has 3 saturated carbocycles. The number of esters is 1. The van der Waals surface area contributed by atoms with Crippen LogP contribution in [-0.4, -0.2) is 29.8 Å². The fraction of sp³-hybridized carbons (Fsp3) is 0.789. The number of fused-ring (bicyclic) bond motifs is 3. The maximum Gasteiger partial charge on any atom is 0.408 e. The molecule has 1 amide bonds. The molecule has 0 spiro atoms. The Morgan fingerprint density at radius 1 is 1.08 bits per heavy atom. The maximum atomic E-state index is 12.1. The predicted octanol–water partition coefficient (Wildman–Crippen LogP) is 4.11. The molecule has 3 aliphatic carbocycles. The molecule has 0 aromatic heterocycles. The first-order chi connectivity index (χ1) is 11.1. The molecular formula is C19H31NO4. The van der Waals surface area contributed by atoms with Crippen LogP contribution >= 0.6 is 0 Å². The van der Waals surface area contributed by atoms with Crippen LogP contribution in [0.25, 0.3) is 0 Å². The molecule has 24 heavy (non-hydrogen) atoms. The summed E-state index contributed by atoms with van der Waals surface area (Å²) in [5.74, 6) is -0.251. The fourth-order valence-electron chi connectivity index (χ4n) is 4.00. The number of allylic oxidation sites excluding steroid dienone is 1. The van der Waals surface area contributed by atoms with Crippen molar-refractivity contribution in [2.24, 2.45) is 5.41 Å². The minimum Gasteiger partial charge on any atom is -0.463 e. The van der Waals surface area contributed by atoms with E-state index in [4.69, 9.17) is 9.47 Å². The van der Waals surface area contributed by atoms with E-state index in [1.165, 1.54) is 0 Å². The topological polar surface area (TPSA) is 64.6 Å². The Labute approximate surface area is 145 Å². The second-order valence-corrected chi connectivity index (χ2v) is 8.27. The largest absolute Gasteiger partial charge is 0.463 e. The van der Waals surface area contributed by atoms with Crippen molar-refractivity contribution in [1.82, 2.24) is 5.32 Å². The molecule has 3 aliphatic rings. The van der Waals surface area contributed by atoms with Gasteiger partial charge in [0.25, 0.3) is 0 Å². The van der Waals surface area contributed by atoms with Crippen LogP contribution in [0.15, 0.2) is 11.6 Å². The monoisotopic (exact) mass is 337 g/mol. The molecule has 0 radical (unpaired) electrons. The zero-order valence-corrected chi connectivity index (χ0v) is 15.7. The van der Waals surface area contributed by atoms with Crippen LogP contribution in [0.2, 0.25) is 0 Å². The molecule has 1 N–H and O–H groups in total. The van der Waals surface area contributed by atoms with Crippen molar-refractivity contribution >= 4 is 12.1 Å². The van der Waals surface area contributed by atoms with Crippen molar-refractivity contribution < 1.29 is 19.1 Å². The van der Waals surface area contributed by atoms with Gasteiger partial charge in [-0.05, 0) is 78.6 Å². The molecule has 3 fully saturated rings. The Hall–Kier alpha value is -1.52. The third-order valence-corrected chi connectivity index (χ3v) is 5.47. The van der Waals surface area contributed by atoms with Gasteiger partial charge in [0.1, 0.15) is 5.60 Å². The molecule has 136 valence electrons. The van der Waals surface area contributed by atoms with Gasteiger partial charge in [-0.2, -0.15) is 0 Å². The number of alkyl carbamates (subject to hydrolysis) is 1. The molecule has 0 aromatic rings. The van der Waals surface area contributed by atoms with Gasteiger partial charge in [-0.15, -0.1) is 0 Å². The Morgan fingerprint density at radius 2 is 1.62 bits per heavy atom. The van der Waals surface area contributed by atoms with Crippen molar-refractivity contribution in [3.63, 3.8) is 0 Å². The lowest BCUT2D eigenvalue weighted by molar-refractivity contribution is -0.137. The predicted molar refractivity (Wildman–Crippen MR) is 92.6 cm³/mol. The van der Waals surface area contributed by atoms with Crippen LogP contribution in [0.1, 0.15) is 73.1 Å². The normalized spacial score (nSPS) is 30.0. The molecular weight excluding hydrogens is 306 g/mol. The maximum absolute atomic E-state index is 12.1. The summed E-state index contributed by atoms with van der Waals surface area (Å²) in [5.41, 5.74) is 0.581. The van der Waals surface area contributed by atoms with E-state index < -0.39 is 5.60 Å². The SMILES string of the molecule is CCOC(=O)C=C(C)C12CCC(NC(=O)OC(C)(C)C)(CC1)CC2. The van der Waals surface area contributed by atoms with E-state index in [-0.39, 0.29) is 23.0 Å². The third-order valence-electron chi connectivity index (χ3n) is 5.47. The van der Waals surface area contributed by atoms with Gasteiger partial charge in [-0.3, -0.25) is 0 Å². The lowest BCUT2D eigenvalue weighted by Crippen LogP contribution is -2.57. The minimum atomic E-state index is -0.479. The van der Waals surface area contributed by atoms with E-state index in [0.717, 1.165) is 44.1 Å². The van der Waals surface area contributed by atoms with Crippen LogP contribution in [0, 0.1) is 5.41 Å². The van der Waals surface area contributed by atoms with Gasteiger partial charge in [0.15, 0.2) is 0 Å². The Kier molecular flexibility index (Phi) is 5.31. The summed E-state index contributed by atoms with van der Waals surface area (Å²) in [5, 5.41) is 3.12. The highest BCUT2D eigenvalue weighted by molar-refractivity contribution is 5.83. The second kappa shape index (κ2) is 6.77. The van der Waals surface area contributed by atoms with Gasteiger partial charge in [-0.1, -0.05) is 5.57 Å². The number of carbonyl (C=O) groups excluding carboxylic acids is 2. The van der Waals surface area contributed by atoms with Crippen LogP contribution in [0.3, 0.4) is 0 Å². The van der Waals surface area contributed by atoms with Gasteiger partial charge in [0.2, 0.25) is 0 Å². The Morgan fingerprint density at radius 3 is 2.08 bits per heavy atom. The van der Waals surface area contributed by atoms with Crippen LogP contribution in [0.4, 0.5) is 4.79 Å². The number of carbonyl (C=O) groups is 2. The van der Waals surface area contributed by atoms with E-state index in [1.807, 2.05) is 34.6 Å². The van der Waals surface area contributed by atoms with E-state index >= 15 is 0 Å². The van der Waals surface area contributed by atoms with Crippen LogP contribution < -0.4 is 5.32 Å². The summed E-state index contributed by atoms with van der Waals surface area (Å²) in [7, 11) is 0. The van der Waals surface area contributed by atoms with Crippen LogP contribution in [0.5, 0.6) is 0 Å². The molecule has 5 heteroatoms. The third kappa shape index (κ3) is 4.31. The molecule has 3 rings (SSSR count). The zero-order valence-electron chi connectivity index (χ0n) is 15.7. The van der Waals surface area contributed by atoms with E-state index in [0.29, 0.717) is 6.61 Å². The lowest BCUT2D eigenvalue weighted by atomic mass is 9.55. The lowest BCUT2D eigenvalue weighted by Gasteiger charge is -2.54. The van der Waals surface area contributed by atoms with Gasteiger partial charge in [0.05, 0.1) is 6.61 Å². The first-order valence-electron chi connectivity index (χ1n) is 8.97. The molecule has 0 aliphatic heterocycles. The second-order valence-electron chi connectivity index (χ2n) is 8.27. The molecule has 0 heterocycles. The van der Waals surface area contributed by atoms with Gasteiger partial charge < -0.3 is 14.8 Å². The molecule has 0 saturated heterocycles. The molecule has 0 atom stereocenters. The fourth-order valence-corrected chi connectivity index (χ4v) is 4.00. The van der Waals surface area contributed by atoms with Crippen LogP contribution in [-0.2, 0) is 14.3 Å². The van der Waals surface area contributed by atoms with Crippen molar-refractivity contribution in [2.75, 3.05) is 6.61 Å². The van der Waals surface area contributed by atoms with E-state index in [9.17, 15) is 9.59 Å². The number of hydrogen-bond acceptors (Lipinski definition) is 4. The number of rotatable bonds is 4. The van der Waals surface area contributed by atoms with Crippen molar-refractivity contribution in [3.05, 3.63) is 11.6 Å². The number of ether oxygens (including phenoxy) is 2. The summed E-state index contributed by atoms with van der Waals surface area (Å²) in [6.07, 6.45) is 7.10. The van der Waals surface area contributed by atoms with Gasteiger partial charge >= 0.3 is 12.1 Å². The molecule has 0 aromatic carbocycles. The van der Waals surface area contributed by atoms with E-state index in [2.05, 4.69) is 5.32 Å². The van der Waals surface area contributed by atoms with Crippen molar-refractivity contribution in [1.29, 1.82) is 0 Å². The average Bonchev–Trinajstić information content (AvgIpc) is 2.46. The number of amides is 1. The molecule has 2 bridgehead atoms. The quantitative estimate of drug-likeness (QED) is 0.619. The average molecular weight is 337 g/mol.